The molecule has 0 fully saturated rings. The first-order valence-corrected chi connectivity index (χ1v) is 8.87. The number of fused-ring (bicyclic) bond motifs is 3. The van der Waals surface area contributed by atoms with Crippen molar-refractivity contribution in [3.8, 4) is 16.9 Å². The van der Waals surface area contributed by atoms with Crippen LogP contribution in [-0.2, 0) is 0 Å². The van der Waals surface area contributed by atoms with E-state index in [0.717, 1.165) is 38.8 Å². The quantitative estimate of drug-likeness (QED) is 0.378. The average molecular weight is 374 g/mol. The van der Waals surface area contributed by atoms with Crippen LogP contribution in [0, 0.1) is 5.82 Å². The van der Waals surface area contributed by atoms with E-state index >= 15 is 0 Å². The monoisotopic (exact) mass is 373 g/mol. The summed E-state index contributed by atoms with van der Waals surface area (Å²) in [6.07, 6.45) is 1.80. The number of aromatic nitrogens is 3. The summed E-state index contributed by atoms with van der Waals surface area (Å²) in [5, 5.41) is 7.09. The van der Waals surface area contributed by atoms with Crippen molar-refractivity contribution in [3.63, 3.8) is 0 Å². The van der Waals surface area contributed by atoms with Crippen molar-refractivity contribution in [2.24, 2.45) is 0 Å². The van der Waals surface area contributed by atoms with Crippen molar-refractivity contribution < 1.29 is 4.39 Å². The highest BCUT2D eigenvalue weighted by molar-refractivity contribution is 6.30. The molecule has 0 N–H and O–H groups in total. The van der Waals surface area contributed by atoms with Crippen molar-refractivity contribution >= 4 is 33.4 Å². The molecule has 0 saturated carbocycles. The Bertz CT molecular complexity index is 1280. The smallest absolute Gasteiger partial charge is 0.124 e. The molecule has 130 valence electrons. The first kappa shape index (κ1) is 16.0. The maximum Gasteiger partial charge on any atom is 0.124 e. The van der Waals surface area contributed by atoms with Gasteiger partial charge in [-0.3, -0.25) is 4.98 Å². The van der Waals surface area contributed by atoms with Gasteiger partial charge in [-0.05, 0) is 42.5 Å². The predicted octanol–water partition coefficient (Wildman–Crippen LogP) is 6.03. The van der Waals surface area contributed by atoms with Gasteiger partial charge in [0.25, 0.3) is 0 Å². The van der Waals surface area contributed by atoms with E-state index in [1.165, 1.54) is 12.1 Å². The summed E-state index contributed by atoms with van der Waals surface area (Å²) in [6, 6.07) is 21.9. The molecule has 2 heterocycles. The summed E-state index contributed by atoms with van der Waals surface area (Å²) in [4.78, 5) is 4.52. The van der Waals surface area contributed by atoms with E-state index in [1.54, 1.807) is 12.3 Å². The van der Waals surface area contributed by atoms with Crippen LogP contribution >= 0.6 is 11.6 Å². The van der Waals surface area contributed by atoms with Crippen LogP contribution in [0.2, 0.25) is 5.02 Å². The highest BCUT2D eigenvalue weighted by atomic mass is 35.5. The minimum atomic E-state index is -0.304. The van der Waals surface area contributed by atoms with Gasteiger partial charge in [0.2, 0.25) is 0 Å². The van der Waals surface area contributed by atoms with E-state index in [4.69, 9.17) is 16.7 Å². The second kappa shape index (κ2) is 6.18. The Hall–Kier alpha value is -3.24. The van der Waals surface area contributed by atoms with Gasteiger partial charge in [-0.2, -0.15) is 5.10 Å². The largest absolute Gasteiger partial charge is 0.255 e. The molecule has 0 unspecified atom stereocenters. The maximum atomic E-state index is 14.0. The van der Waals surface area contributed by atoms with Gasteiger partial charge < -0.3 is 0 Å². The van der Waals surface area contributed by atoms with E-state index in [0.29, 0.717) is 5.02 Å². The van der Waals surface area contributed by atoms with Crippen LogP contribution in [0.4, 0.5) is 4.39 Å². The summed E-state index contributed by atoms with van der Waals surface area (Å²) in [5.74, 6) is -0.304. The number of rotatable bonds is 2. The lowest BCUT2D eigenvalue weighted by molar-refractivity contribution is 0.629. The molecule has 0 amide bonds. The van der Waals surface area contributed by atoms with Gasteiger partial charge in [-0.1, -0.05) is 41.9 Å². The third-order valence-electron chi connectivity index (χ3n) is 4.59. The van der Waals surface area contributed by atoms with Crippen LogP contribution in [0.3, 0.4) is 0 Å². The second-order valence-electron chi connectivity index (χ2n) is 6.28. The van der Waals surface area contributed by atoms with Crippen LogP contribution in [0.5, 0.6) is 0 Å². The number of hydrogen-bond donors (Lipinski definition) is 0. The Kier molecular flexibility index (Phi) is 3.66. The van der Waals surface area contributed by atoms with Crippen molar-refractivity contribution in [2.45, 2.75) is 0 Å². The topological polar surface area (TPSA) is 30.7 Å². The van der Waals surface area contributed by atoms with Gasteiger partial charge in [0.05, 0.1) is 16.7 Å². The molecule has 0 atom stereocenters. The lowest BCUT2D eigenvalue weighted by Crippen LogP contribution is -1.97. The van der Waals surface area contributed by atoms with Gasteiger partial charge in [0.1, 0.15) is 11.5 Å². The van der Waals surface area contributed by atoms with Gasteiger partial charge in [0.15, 0.2) is 0 Å². The third kappa shape index (κ3) is 2.66. The average Bonchev–Trinajstić information content (AvgIpc) is 3.09. The molecular formula is C22H13ClFN3. The number of pyridine rings is 1. The van der Waals surface area contributed by atoms with Crippen molar-refractivity contribution in [1.29, 1.82) is 0 Å². The fourth-order valence-corrected chi connectivity index (χ4v) is 3.46. The number of hydrogen-bond acceptors (Lipinski definition) is 2. The Labute approximate surface area is 159 Å². The van der Waals surface area contributed by atoms with E-state index < -0.39 is 0 Å². The number of nitrogens with zero attached hydrogens (tertiary/aromatic N) is 3. The minimum Gasteiger partial charge on any atom is -0.255 e. The summed E-state index contributed by atoms with van der Waals surface area (Å²) in [5.41, 5.74) is 4.18. The third-order valence-corrected chi connectivity index (χ3v) is 4.84. The predicted molar refractivity (Wildman–Crippen MR) is 107 cm³/mol. The number of benzene rings is 3. The van der Waals surface area contributed by atoms with Crippen LogP contribution < -0.4 is 0 Å². The Balaban J connectivity index is 1.92. The zero-order valence-electron chi connectivity index (χ0n) is 14.1. The second-order valence-corrected chi connectivity index (χ2v) is 6.72. The summed E-state index contributed by atoms with van der Waals surface area (Å²) < 4.78 is 15.8. The van der Waals surface area contributed by atoms with Crippen LogP contribution in [0.25, 0.3) is 38.8 Å². The van der Waals surface area contributed by atoms with Gasteiger partial charge >= 0.3 is 0 Å². The van der Waals surface area contributed by atoms with E-state index in [1.807, 2.05) is 59.3 Å². The highest BCUT2D eigenvalue weighted by Gasteiger charge is 2.17. The van der Waals surface area contributed by atoms with E-state index in [9.17, 15) is 4.39 Å². The van der Waals surface area contributed by atoms with Gasteiger partial charge in [0, 0.05) is 27.6 Å². The molecule has 3 aromatic carbocycles. The molecule has 27 heavy (non-hydrogen) atoms. The highest BCUT2D eigenvalue weighted by Crippen LogP contribution is 2.34. The first-order chi connectivity index (χ1) is 13.2. The Morgan fingerprint density at radius 3 is 2.41 bits per heavy atom. The molecule has 3 nitrogen and oxygen atoms in total. The van der Waals surface area contributed by atoms with Crippen molar-refractivity contribution in [2.75, 3.05) is 0 Å². The molecular weight excluding hydrogens is 361 g/mol. The molecule has 0 aliphatic carbocycles. The van der Waals surface area contributed by atoms with Crippen LogP contribution in [0.1, 0.15) is 0 Å². The summed E-state index contributed by atoms with van der Waals surface area (Å²) in [6.45, 7) is 0. The Morgan fingerprint density at radius 2 is 1.63 bits per heavy atom. The van der Waals surface area contributed by atoms with E-state index in [2.05, 4.69) is 4.98 Å². The molecule has 5 aromatic rings. The van der Waals surface area contributed by atoms with Crippen molar-refractivity contribution in [1.82, 2.24) is 14.8 Å². The SMILES string of the molecule is Fc1ccc2ncc3c(-c4ccccc4)nn(-c4ccc(Cl)cc4)c3c2c1. The minimum absolute atomic E-state index is 0.304. The van der Waals surface area contributed by atoms with Gasteiger partial charge in [-0.15, -0.1) is 0 Å². The van der Waals surface area contributed by atoms with Gasteiger partial charge in [-0.25, -0.2) is 9.07 Å². The summed E-state index contributed by atoms with van der Waals surface area (Å²) in [7, 11) is 0. The fourth-order valence-electron chi connectivity index (χ4n) is 3.33. The zero-order valence-corrected chi connectivity index (χ0v) is 14.9. The van der Waals surface area contributed by atoms with Crippen molar-refractivity contribution in [3.05, 3.63) is 89.8 Å². The molecule has 5 heteroatoms. The molecule has 0 aliphatic heterocycles. The normalized spacial score (nSPS) is 11.3. The molecule has 0 aliphatic rings. The lowest BCUT2D eigenvalue weighted by Gasteiger charge is -2.06. The van der Waals surface area contributed by atoms with Crippen LogP contribution in [0.15, 0.2) is 79.0 Å². The maximum absolute atomic E-state index is 14.0. The fraction of sp³-hybridized carbons (Fsp3) is 0. The summed E-state index contributed by atoms with van der Waals surface area (Å²) >= 11 is 6.05. The Morgan fingerprint density at radius 1 is 0.852 bits per heavy atom. The molecule has 5 rings (SSSR count). The standard InChI is InChI=1S/C22H13ClFN3/c23-15-6-9-17(10-7-15)27-22-18-12-16(24)8-11-20(18)25-13-19(22)21(26-27)14-4-2-1-3-5-14/h1-13H. The number of halogens is 2. The van der Waals surface area contributed by atoms with Crippen LogP contribution in [-0.4, -0.2) is 14.8 Å². The first-order valence-electron chi connectivity index (χ1n) is 8.49. The molecule has 0 radical (unpaired) electrons. The lowest BCUT2D eigenvalue weighted by atomic mass is 10.1. The molecule has 0 spiro atoms. The molecule has 2 aromatic heterocycles. The molecule has 0 bridgehead atoms. The van der Waals surface area contributed by atoms with E-state index in [-0.39, 0.29) is 5.82 Å². The molecule has 0 saturated heterocycles. The zero-order chi connectivity index (χ0) is 18.4.